The van der Waals surface area contributed by atoms with Crippen molar-refractivity contribution < 1.29 is 18.8 Å². The number of rotatable bonds is 10. The first-order valence-corrected chi connectivity index (χ1v) is 14.1. The number of hydrogen-bond donors (Lipinski definition) is 0. The maximum atomic E-state index is 15.4. The van der Waals surface area contributed by atoms with Gasteiger partial charge in [0.1, 0.15) is 17.4 Å². The van der Waals surface area contributed by atoms with Crippen molar-refractivity contribution in [1.82, 2.24) is 19.7 Å². The third-order valence-electron chi connectivity index (χ3n) is 6.89. The van der Waals surface area contributed by atoms with Crippen LogP contribution in [0, 0.1) is 5.82 Å². The van der Waals surface area contributed by atoms with E-state index in [4.69, 9.17) is 9.72 Å². The quantitative estimate of drug-likeness (QED) is 0.198. The zero-order chi connectivity index (χ0) is 29.8. The molecule has 0 radical (unpaired) electrons. The third kappa shape index (κ3) is 5.95. The minimum absolute atomic E-state index is 0.0989. The van der Waals surface area contributed by atoms with E-state index in [0.717, 1.165) is 23.1 Å². The second kappa shape index (κ2) is 12.4. The van der Waals surface area contributed by atoms with Crippen molar-refractivity contribution in [3.63, 3.8) is 0 Å². The molecule has 0 amide bonds. The molecule has 5 rings (SSSR count). The Kier molecular flexibility index (Phi) is 8.47. The summed E-state index contributed by atoms with van der Waals surface area (Å²) in [5.74, 6) is 0.782. The molecule has 0 N–H and O–H groups in total. The fourth-order valence-electron chi connectivity index (χ4n) is 5.02. The van der Waals surface area contributed by atoms with Crippen LogP contribution in [-0.2, 0) is 19.4 Å². The molecule has 9 heteroatoms. The summed E-state index contributed by atoms with van der Waals surface area (Å²) >= 11 is 0. The first kappa shape index (κ1) is 28.7. The van der Waals surface area contributed by atoms with Crippen molar-refractivity contribution >= 4 is 0 Å². The standard InChI is InChI=1S/C33H33FN4O4/c1-5-9-29-35-28(6-2)30(26-17-16-23(18-27(26)34)41-20(3)4)32(39)38(29)19-21-12-14-22(15-13-21)24-10-7-8-11-25(24)31-36-33(40)42-37-31/h7-8,10-18,20H,5-6,9,19H2,1-4H3,(H,36,37,40)/p-1. The molecule has 0 aliphatic carbocycles. The fraction of sp³-hybridized carbons (Fsp3) is 0.273. The van der Waals surface area contributed by atoms with Gasteiger partial charge in [0.15, 0.2) is 11.9 Å². The lowest BCUT2D eigenvalue weighted by molar-refractivity contribution is -0.303. The molecule has 216 valence electrons. The molecule has 3 aromatic carbocycles. The maximum absolute atomic E-state index is 15.4. The van der Waals surface area contributed by atoms with Gasteiger partial charge in [-0.1, -0.05) is 62.4 Å². The van der Waals surface area contributed by atoms with Crippen LogP contribution in [-0.4, -0.2) is 25.8 Å². The molecular formula is C33H32FN4O4-. The molecule has 0 saturated carbocycles. The number of benzene rings is 3. The van der Waals surface area contributed by atoms with Gasteiger partial charge in [0.2, 0.25) is 0 Å². The first-order valence-electron chi connectivity index (χ1n) is 14.1. The van der Waals surface area contributed by atoms with Crippen LogP contribution in [0.5, 0.6) is 11.8 Å². The van der Waals surface area contributed by atoms with Crippen LogP contribution in [0.25, 0.3) is 33.6 Å². The van der Waals surface area contributed by atoms with Gasteiger partial charge in [-0.2, -0.15) is 5.16 Å². The predicted octanol–water partition coefficient (Wildman–Crippen LogP) is 6.19. The molecule has 0 unspecified atom stereocenters. The van der Waals surface area contributed by atoms with Gasteiger partial charge in [0.25, 0.3) is 5.56 Å². The molecule has 0 atom stereocenters. The molecule has 0 bridgehead atoms. The van der Waals surface area contributed by atoms with Crippen LogP contribution < -0.4 is 15.4 Å². The fourth-order valence-corrected chi connectivity index (χ4v) is 5.02. The van der Waals surface area contributed by atoms with E-state index in [2.05, 4.69) is 14.7 Å². The minimum atomic E-state index is -0.745. The van der Waals surface area contributed by atoms with Gasteiger partial charge in [-0.15, -0.1) is 0 Å². The molecule has 8 nitrogen and oxygen atoms in total. The molecule has 0 fully saturated rings. The Labute approximate surface area is 243 Å². The molecular weight excluding hydrogens is 535 g/mol. The Morgan fingerprint density at radius 2 is 1.71 bits per heavy atom. The second-order valence-corrected chi connectivity index (χ2v) is 10.3. The van der Waals surface area contributed by atoms with Crippen LogP contribution in [0.4, 0.5) is 4.39 Å². The summed E-state index contributed by atoms with van der Waals surface area (Å²) in [5.41, 5.74) is 4.07. The van der Waals surface area contributed by atoms with Crippen LogP contribution >= 0.6 is 0 Å². The number of halogens is 1. The van der Waals surface area contributed by atoms with Crippen molar-refractivity contribution in [3.05, 3.63) is 100.0 Å². The summed E-state index contributed by atoms with van der Waals surface area (Å²) in [6.07, 6.45) is 1.07. The molecule has 0 saturated heterocycles. The summed E-state index contributed by atoms with van der Waals surface area (Å²) < 4.78 is 27.3. The average Bonchev–Trinajstić information content (AvgIpc) is 3.41. The first-order chi connectivity index (χ1) is 20.3. The van der Waals surface area contributed by atoms with E-state index >= 15 is 4.39 Å². The molecule has 2 aromatic heterocycles. The topological polar surface area (TPSA) is 106 Å². The van der Waals surface area contributed by atoms with Crippen molar-refractivity contribution in [2.75, 3.05) is 0 Å². The minimum Gasteiger partial charge on any atom is -0.528 e. The number of aromatic nitrogens is 4. The molecule has 42 heavy (non-hydrogen) atoms. The van der Waals surface area contributed by atoms with Gasteiger partial charge in [-0.05, 0) is 55.5 Å². The summed E-state index contributed by atoms with van der Waals surface area (Å²) in [6, 6.07) is 19.8. The highest BCUT2D eigenvalue weighted by Gasteiger charge is 2.21. The Morgan fingerprint density at radius 1 is 0.976 bits per heavy atom. The summed E-state index contributed by atoms with van der Waals surface area (Å²) in [4.78, 5) is 22.7. The Bertz CT molecular complexity index is 1760. The summed E-state index contributed by atoms with van der Waals surface area (Å²) in [6.45, 7) is 7.98. The van der Waals surface area contributed by atoms with Crippen molar-refractivity contribution in [1.29, 1.82) is 0 Å². The van der Waals surface area contributed by atoms with Crippen molar-refractivity contribution in [2.45, 2.75) is 59.6 Å². The molecule has 5 aromatic rings. The van der Waals surface area contributed by atoms with Crippen molar-refractivity contribution in [3.8, 4) is 45.5 Å². The zero-order valence-electron chi connectivity index (χ0n) is 24.1. The van der Waals surface area contributed by atoms with Gasteiger partial charge in [0.05, 0.1) is 23.9 Å². The Balaban J connectivity index is 1.53. The number of aryl methyl sites for hydroxylation is 2. The van der Waals surface area contributed by atoms with E-state index in [1.807, 2.05) is 76.2 Å². The monoisotopic (exact) mass is 567 g/mol. The summed E-state index contributed by atoms with van der Waals surface area (Å²) in [5, 5.41) is 15.2. The average molecular weight is 568 g/mol. The predicted molar refractivity (Wildman–Crippen MR) is 157 cm³/mol. The lowest BCUT2D eigenvalue weighted by atomic mass is 9.98. The van der Waals surface area contributed by atoms with E-state index in [0.29, 0.717) is 35.7 Å². The zero-order valence-corrected chi connectivity index (χ0v) is 24.1. The van der Waals surface area contributed by atoms with Crippen molar-refractivity contribution in [2.24, 2.45) is 0 Å². The molecule has 0 aliphatic rings. The van der Waals surface area contributed by atoms with E-state index in [-0.39, 0.29) is 35.2 Å². The number of nitrogens with zero attached hydrogens (tertiary/aromatic N) is 4. The lowest BCUT2D eigenvalue weighted by Gasteiger charge is -2.18. The van der Waals surface area contributed by atoms with Crippen LogP contribution in [0.2, 0.25) is 0 Å². The highest BCUT2D eigenvalue weighted by Crippen LogP contribution is 2.31. The molecule has 0 spiro atoms. The largest absolute Gasteiger partial charge is 0.528 e. The SMILES string of the molecule is CCCc1nc(CC)c(-c2ccc(OC(C)C)cc2F)c(=O)n1Cc1ccc(-c2ccccc2-c2noc([O-])n2)cc1. The van der Waals surface area contributed by atoms with Crippen LogP contribution in [0.15, 0.2) is 76.0 Å². The lowest BCUT2D eigenvalue weighted by Crippen LogP contribution is -2.29. The highest BCUT2D eigenvalue weighted by molar-refractivity contribution is 5.80. The third-order valence-corrected chi connectivity index (χ3v) is 6.89. The smallest absolute Gasteiger partial charge is 0.262 e. The Hall–Kier alpha value is -4.79. The number of hydrogen-bond acceptors (Lipinski definition) is 7. The van der Waals surface area contributed by atoms with E-state index < -0.39 is 11.9 Å². The van der Waals surface area contributed by atoms with E-state index in [1.165, 1.54) is 6.07 Å². The van der Waals surface area contributed by atoms with Gasteiger partial charge in [0, 0.05) is 23.6 Å². The Morgan fingerprint density at radius 3 is 2.33 bits per heavy atom. The molecule has 0 aliphatic heterocycles. The van der Waals surface area contributed by atoms with Gasteiger partial charge >= 0.3 is 0 Å². The summed E-state index contributed by atoms with van der Waals surface area (Å²) in [7, 11) is 0. The normalized spacial score (nSPS) is 11.3. The van der Waals surface area contributed by atoms with Gasteiger partial charge in [-0.3, -0.25) is 9.36 Å². The van der Waals surface area contributed by atoms with Crippen LogP contribution in [0.3, 0.4) is 0 Å². The second-order valence-electron chi connectivity index (χ2n) is 10.3. The van der Waals surface area contributed by atoms with Gasteiger partial charge < -0.3 is 14.4 Å². The van der Waals surface area contributed by atoms with Crippen LogP contribution in [0.1, 0.15) is 51.2 Å². The number of ether oxygens (including phenoxy) is 1. The maximum Gasteiger partial charge on any atom is 0.262 e. The highest BCUT2D eigenvalue weighted by atomic mass is 19.1. The van der Waals surface area contributed by atoms with Gasteiger partial charge in [-0.25, -0.2) is 14.4 Å². The van der Waals surface area contributed by atoms with E-state index in [9.17, 15) is 9.90 Å². The molecule has 2 heterocycles. The van der Waals surface area contributed by atoms with E-state index in [1.54, 1.807) is 16.7 Å².